The van der Waals surface area contributed by atoms with Gasteiger partial charge in [0.25, 0.3) is 11.8 Å². The molecule has 4 rings (SSSR count). The summed E-state index contributed by atoms with van der Waals surface area (Å²) in [7, 11) is 1.48. The van der Waals surface area contributed by atoms with Gasteiger partial charge in [-0.05, 0) is 89.5 Å². The Balaban J connectivity index is 1.66. The number of nitriles is 1. The Hall–Kier alpha value is -4.17. The largest absolute Gasteiger partial charge is 0.493 e. The molecule has 0 saturated carbocycles. The predicted molar refractivity (Wildman–Crippen MR) is 146 cm³/mol. The third-order valence-corrected chi connectivity index (χ3v) is 6.72. The number of nitrogens with one attached hydrogen (secondary N) is 1. The standard InChI is InChI=1S/C28H22IN3O5/c1-16-8-9-21(10-17(16)2)32-27(34)22(26(33)31-28(32)35)11-18-12-23(29)25(24(13-18)36-3)37-15-20-7-5-4-6-19(20)14-30/h4-13H,15H2,1-3H3,(H,31,33,35)/b22-11+. The number of amides is 4. The van der Waals surface area contributed by atoms with Crippen LogP contribution in [0, 0.1) is 28.7 Å². The number of carbonyl (C=O) groups excluding carboxylic acids is 3. The molecule has 1 N–H and O–H groups in total. The summed E-state index contributed by atoms with van der Waals surface area (Å²) in [6, 6.07) is 17.1. The summed E-state index contributed by atoms with van der Waals surface area (Å²) >= 11 is 2.07. The highest BCUT2D eigenvalue weighted by Gasteiger charge is 2.37. The van der Waals surface area contributed by atoms with Crippen molar-refractivity contribution in [1.82, 2.24) is 5.32 Å². The maximum atomic E-state index is 13.3. The first-order valence-electron chi connectivity index (χ1n) is 11.2. The summed E-state index contributed by atoms with van der Waals surface area (Å²) in [5, 5.41) is 11.6. The van der Waals surface area contributed by atoms with Crippen LogP contribution in [-0.4, -0.2) is 25.0 Å². The second-order valence-corrected chi connectivity index (χ2v) is 9.48. The molecule has 3 aromatic carbocycles. The molecule has 1 aliphatic heterocycles. The number of methoxy groups -OCH3 is 1. The molecular formula is C28H22IN3O5. The zero-order valence-electron chi connectivity index (χ0n) is 20.3. The van der Waals surface area contributed by atoms with Crippen LogP contribution in [0.15, 0.2) is 60.2 Å². The number of imide groups is 2. The smallest absolute Gasteiger partial charge is 0.335 e. The second-order valence-electron chi connectivity index (χ2n) is 8.32. The zero-order valence-corrected chi connectivity index (χ0v) is 22.5. The topological polar surface area (TPSA) is 109 Å². The molecule has 1 fully saturated rings. The maximum absolute atomic E-state index is 13.3. The van der Waals surface area contributed by atoms with Crippen LogP contribution in [-0.2, 0) is 16.2 Å². The lowest BCUT2D eigenvalue weighted by Gasteiger charge is -2.27. The van der Waals surface area contributed by atoms with E-state index < -0.39 is 17.8 Å². The van der Waals surface area contributed by atoms with E-state index in [1.807, 2.05) is 32.0 Å². The summed E-state index contributed by atoms with van der Waals surface area (Å²) < 4.78 is 12.2. The molecule has 0 spiro atoms. The van der Waals surface area contributed by atoms with Crippen LogP contribution in [0.5, 0.6) is 11.5 Å². The Morgan fingerprint density at radius 2 is 1.81 bits per heavy atom. The Labute approximate surface area is 227 Å². The lowest BCUT2D eigenvalue weighted by Crippen LogP contribution is -2.54. The average Bonchev–Trinajstić information content (AvgIpc) is 2.87. The highest BCUT2D eigenvalue weighted by Crippen LogP contribution is 2.36. The first kappa shape index (κ1) is 25.9. The van der Waals surface area contributed by atoms with E-state index >= 15 is 0 Å². The minimum atomic E-state index is -0.802. The summed E-state index contributed by atoms with van der Waals surface area (Å²) in [5.74, 6) is -0.653. The van der Waals surface area contributed by atoms with E-state index in [0.717, 1.165) is 21.6 Å². The van der Waals surface area contributed by atoms with Gasteiger partial charge in [0.15, 0.2) is 11.5 Å². The van der Waals surface area contributed by atoms with E-state index in [1.54, 1.807) is 36.4 Å². The van der Waals surface area contributed by atoms with Gasteiger partial charge in [-0.2, -0.15) is 5.26 Å². The van der Waals surface area contributed by atoms with Crippen molar-refractivity contribution in [3.05, 3.63) is 91.6 Å². The number of hydrogen-bond acceptors (Lipinski definition) is 6. The van der Waals surface area contributed by atoms with Crippen molar-refractivity contribution in [2.45, 2.75) is 20.5 Å². The molecule has 9 heteroatoms. The zero-order chi connectivity index (χ0) is 26.7. The highest BCUT2D eigenvalue weighted by molar-refractivity contribution is 14.1. The van der Waals surface area contributed by atoms with Gasteiger partial charge >= 0.3 is 6.03 Å². The van der Waals surface area contributed by atoms with Gasteiger partial charge in [-0.15, -0.1) is 0 Å². The van der Waals surface area contributed by atoms with Crippen LogP contribution in [0.25, 0.3) is 6.08 Å². The second kappa shape index (κ2) is 10.8. The van der Waals surface area contributed by atoms with Crippen molar-refractivity contribution < 1.29 is 23.9 Å². The molecule has 1 saturated heterocycles. The Kier molecular flexibility index (Phi) is 7.59. The summed E-state index contributed by atoms with van der Waals surface area (Å²) in [6.07, 6.45) is 1.41. The minimum Gasteiger partial charge on any atom is -0.493 e. The predicted octanol–water partition coefficient (Wildman–Crippen LogP) is 5.03. The van der Waals surface area contributed by atoms with Gasteiger partial charge in [0.1, 0.15) is 12.2 Å². The molecule has 0 atom stereocenters. The lowest BCUT2D eigenvalue weighted by atomic mass is 10.0. The van der Waals surface area contributed by atoms with Crippen LogP contribution in [0.4, 0.5) is 10.5 Å². The number of rotatable bonds is 6. The Morgan fingerprint density at radius 1 is 1.05 bits per heavy atom. The quantitative estimate of drug-likeness (QED) is 0.239. The van der Waals surface area contributed by atoms with Crippen LogP contribution in [0.2, 0.25) is 0 Å². The van der Waals surface area contributed by atoms with Gasteiger partial charge in [-0.25, -0.2) is 9.69 Å². The van der Waals surface area contributed by atoms with Crippen molar-refractivity contribution in [3.8, 4) is 17.6 Å². The molecule has 0 radical (unpaired) electrons. The van der Waals surface area contributed by atoms with E-state index in [2.05, 4.69) is 34.0 Å². The summed E-state index contributed by atoms with van der Waals surface area (Å²) in [4.78, 5) is 39.4. The number of halogens is 1. The van der Waals surface area contributed by atoms with Crippen molar-refractivity contribution in [2.24, 2.45) is 0 Å². The summed E-state index contributed by atoms with van der Waals surface area (Å²) in [5.41, 5.74) is 3.87. The molecule has 8 nitrogen and oxygen atoms in total. The van der Waals surface area contributed by atoms with Gasteiger partial charge in [0.05, 0.1) is 28.0 Å². The number of carbonyl (C=O) groups is 3. The lowest BCUT2D eigenvalue weighted by molar-refractivity contribution is -0.122. The number of hydrogen-bond donors (Lipinski definition) is 1. The molecule has 4 amide bonds. The number of barbiturate groups is 1. The minimum absolute atomic E-state index is 0.157. The van der Waals surface area contributed by atoms with E-state index in [9.17, 15) is 19.6 Å². The van der Waals surface area contributed by atoms with E-state index in [1.165, 1.54) is 13.2 Å². The molecule has 0 aromatic heterocycles. The number of urea groups is 1. The number of nitrogens with zero attached hydrogens (tertiary/aromatic N) is 2. The fourth-order valence-electron chi connectivity index (χ4n) is 3.79. The number of anilines is 1. The van der Waals surface area contributed by atoms with Gasteiger partial charge < -0.3 is 9.47 Å². The number of aryl methyl sites for hydroxylation is 2. The molecule has 186 valence electrons. The van der Waals surface area contributed by atoms with E-state index in [4.69, 9.17) is 9.47 Å². The SMILES string of the molecule is COc1cc(/C=C2\C(=O)NC(=O)N(c3ccc(C)c(C)c3)C2=O)cc(I)c1OCc1ccccc1C#N. The molecule has 1 aliphatic rings. The van der Waals surface area contributed by atoms with Crippen molar-refractivity contribution in [2.75, 3.05) is 12.0 Å². The maximum Gasteiger partial charge on any atom is 0.335 e. The normalized spacial score (nSPS) is 14.4. The third kappa shape index (κ3) is 5.34. The van der Waals surface area contributed by atoms with Gasteiger partial charge in [-0.1, -0.05) is 24.3 Å². The molecule has 1 heterocycles. The third-order valence-electron chi connectivity index (χ3n) is 5.92. The van der Waals surface area contributed by atoms with E-state index in [0.29, 0.717) is 31.9 Å². The molecule has 3 aromatic rings. The Morgan fingerprint density at radius 3 is 2.51 bits per heavy atom. The monoisotopic (exact) mass is 607 g/mol. The van der Waals surface area contributed by atoms with Crippen LogP contribution < -0.4 is 19.7 Å². The summed E-state index contributed by atoms with van der Waals surface area (Å²) in [6.45, 7) is 3.96. The van der Waals surface area contributed by atoms with Gasteiger partial charge in [-0.3, -0.25) is 14.9 Å². The van der Waals surface area contributed by atoms with Gasteiger partial charge in [0.2, 0.25) is 0 Å². The molecular weight excluding hydrogens is 585 g/mol. The van der Waals surface area contributed by atoms with Gasteiger partial charge in [0, 0.05) is 5.56 Å². The number of ether oxygens (including phenoxy) is 2. The molecule has 0 aliphatic carbocycles. The molecule has 37 heavy (non-hydrogen) atoms. The van der Waals surface area contributed by atoms with Crippen molar-refractivity contribution in [3.63, 3.8) is 0 Å². The molecule has 0 unspecified atom stereocenters. The fourth-order valence-corrected chi connectivity index (χ4v) is 4.57. The van der Waals surface area contributed by atoms with Crippen molar-refractivity contribution >= 4 is 52.2 Å². The van der Waals surface area contributed by atoms with E-state index in [-0.39, 0.29) is 12.2 Å². The average molecular weight is 607 g/mol. The number of benzene rings is 3. The molecule has 0 bridgehead atoms. The van der Waals surface area contributed by atoms with Crippen LogP contribution >= 0.6 is 22.6 Å². The Bertz CT molecular complexity index is 1510. The fraction of sp³-hybridized carbons (Fsp3) is 0.143. The van der Waals surface area contributed by atoms with Crippen LogP contribution in [0.3, 0.4) is 0 Å². The van der Waals surface area contributed by atoms with Crippen molar-refractivity contribution in [1.29, 1.82) is 5.26 Å². The first-order chi connectivity index (χ1) is 17.7. The van der Waals surface area contributed by atoms with Crippen LogP contribution in [0.1, 0.15) is 27.8 Å². The highest BCUT2D eigenvalue weighted by atomic mass is 127. The first-order valence-corrected chi connectivity index (χ1v) is 12.3.